The number of rotatable bonds is 4. The van der Waals surface area contributed by atoms with Crippen molar-refractivity contribution in [2.24, 2.45) is 0 Å². The Morgan fingerprint density at radius 3 is 2.53 bits per heavy atom. The molecule has 0 aliphatic carbocycles. The highest BCUT2D eigenvalue weighted by Crippen LogP contribution is 2.42. The summed E-state index contributed by atoms with van der Waals surface area (Å²) in [6, 6.07) is 8.15. The molecule has 0 unspecified atom stereocenters. The minimum absolute atomic E-state index is 0.0839. The summed E-state index contributed by atoms with van der Waals surface area (Å²) in [6.07, 6.45) is 0.0839. The third-order valence-electron chi connectivity index (χ3n) is 2.75. The van der Waals surface area contributed by atoms with Crippen LogP contribution in [-0.2, 0) is 11.2 Å². The normalized spacial score (nSPS) is 10.7. The molecular formula is C14H10O2S3. The minimum atomic E-state index is -0.783. The average molecular weight is 306 g/mol. The SMILES string of the molecule is O=C(O)Cc1ccsc1-c1sccc1-c1cccs1. The molecule has 0 atom stereocenters. The monoisotopic (exact) mass is 306 g/mol. The highest BCUT2D eigenvalue weighted by atomic mass is 32.1. The Hall–Kier alpha value is -1.43. The second kappa shape index (κ2) is 5.28. The van der Waals surface area contributed by atoms with E-state index in [0.29, 0.717) is 0 Å². The lowest BCUT2D eigenvalue weighted by Gasteiger charge is -2.02. The Morgan fingerprint density at radius 1 is 1.00 bits per heavy atom. The van der Waals surface area contributed by atoms with E-state index in [9.17, 15) is 4.79 Å². The van der Waals surface area contributed by atoms with Gasteiger partial charge in [-0.2, -0.15) is 0 Å². The summed E-state index contributed by atoms with van der Waals surface area (Å²) < 4.78 is 0. The third kappa shape index (κ3) is 2.49. The van der Waals surface area contributed by atoms with Crippen LogP contribution in [0.15, 0.2) is 40.4 Å². The summed E-state index contributed by atoms with van der Waals surface area (Å²) in [5, 5.41) is 15.1. The van der Waals surface area contributed by atoms with Crippen LogP contribution < -0.4 is 0 Å². The number of hydrogen-bond acceptors (Lipinski definition) is 4. The van der Waals surface area contributed by atoms with E-state index in [2.05, 4.69) is 22.9 Å². The molecule has 0 spiro atoms. The Labute approximate surface area is 122 Å². The zero-order valence-corrected chi connectivity index (χ0v) is 12.3. The Morgan fingerprint density at radius 2 is 1.79 bits per heavy atom. The van der Waals surface area contributed by atoms with Gasteiger partial charge in [0.25, 0.3) is 0 Å². The lowest BCUT2D eigenvalue weighted by molar-refractivity contribution is -0.136. The molecule has 3 aromatic rings. The van der Waals surface area contributed by atoms with Crippen molar-refractivity contribution in [2.45, 2.75) is 6.42 Å². The molecule has 5 heteroatoms. The molecule has 0 aromatic carbocycles. The molecule has 2 nitrogen and oxygen atoms in total. The quantitative estimate of drug-likeness (QED) is 0.749. The van der Waals surface area contributed by atoms with E-state index in [0.717, 1.165) is 10.4 Å². The van der Waals surface area contributed by atoms with Gasteiger partial charge >= 0.3 is 5.97 Å². The second-order valence-electron chi connectivity index (χ2n) is 3.99. The van der Waals surface area contributed by atoms with Gasteiger partial charge < -0.3 is 5.11 Å². The van der Waals surface area contributed by atoms with Crippen molar-refractivity contribution in [2.75, 3.05) is 0 Å². The first-order valence-electron chi connectivity index (χ1n) is 5.65. The highest BCUT2D eigenvalue weighted by Gasteiger charge is 2.16. The van der Waals surface area contributed by atoms with Gasteiger partial charge in [-0.1, -0.05) is 6.07 Å². The zero-order chi connectivity index (χ0) is 13.2. The number of hydrogen-bond donors (Lipinski definition) is 1. The summed E-state index contributed by atoms with van der Waals surface area (Å²) in [6.45, 7) is 0. The van der Waals surface area contributed by atoms with Crippen molar-refractivity contribution < 1.29 is 9.90 Å². The first kappa shape index (κ1) is 12.6. The summed E-state index contributed by atoms with van der Waals surface area (Å²) in [7, 11) is 0. The zero-order valence-electron chi connectivity index (χ0n) is 9.83. The third-order valence-corrected chi connectivity index (χ3v) is 5.68. The van der Waals surface area contributed by atoms with E-state index in [1.807, 2.05) is 17.5 Å². The molecule has 0 amide bonds. The number of carbonyl (C=O) groups is 1. The van der Waals surface area contributed by atoms with Crippen LogP contribution in [0.25, 0.3) is 20.2 Å². The molecule has 0 aliphatic heterocycles. The van der Waals surface area contributed by atoms with Crippen molar-refractivity contribution in [3.05, 3.63) is 46.0 Å². The molecule has 0 radical (unpaired) electrons. The maximum atomic E-state index is 10.9. The van der Waals surface area contributed by atoms with Crippen molar-refractivity contribution in [1.29, 1.82) is 0 Å². The van der Waals surface area contributed by atoms with Crippen molar-refractivity contribution in [3.8, 4) is 20.2 Å². The van der Waals surface area contributed by atoms with Gasteiger partial charge in [0.1, 0.15) is 0 Å². The van der Waals surface area contributed by atoms with Gasteiger partial charge in [-0.05, 0) is 39.9 Å². The second-order valence-corrected chi connectivity index (χ2v) is 6.77. The van der Waals surface area contributed by atoms with Gasteiger partial charge in [0.05, 0.1) is 11.3 Å². The molecule has 0 saturated heterocycles. The van der Waals surface area contributed by atoms with Crippen LogP contribution in [0, 0.1) is 0 Å². The maximum Gasteiger partial charge on any atom is 0.307 e. The van der Waals surface area contributed by atoms with Gasteiger partial charge in [0, 0.05) is 15.3 Å². The molecule has 3 aromatic heterocycles. The molecule has 96 valence electrons. The summed E-state index contributed by atoms with van der Waals surface area (Å²) in [4.78, 5) is 14.4. The van der Waals surface area contributed by atoms with Crippen molar-refractivity contribution in [1.82, 2.24) is 0 Å². The Balaban J connectivity index is 2.06. The molecular weight excluding hydrogens is 296 g/mol. The topological polar surface area (TPSA) is 37.3 Å². The predicted octanol–water partition coefficient (Wildman–Crippen LogP) is 4.83. The molecule has 0 aliphatic rings. The maximum absolute atomic E-state index is 10.9. The summed E-state index contributed by atoms with van der Waals surface area (Å²) in [5.41, 5.74) is 2.10. The fraction of sp³-hybridized carbons (Fsp3) is 0.0714. The van der Waals surface area contributed by atoms with Crippen LogP contribution in [0.3, 0.4) is 0 Å². The number of thiophene rings is 3. The number of aliphatic carboxylic acids is 1. The van der Waals surface area contributed by atoms with Crippen LogP contribution in [0.1, 0.15) is 5.56 Å². The molecule has 1 N–H and O–H groups in total. The van der Waals surface area contributed by atoms with E-state index < -0.39 is 5.97 Å². The first-order chi connectivity index (χ1) is 9.25. The van der Waals surface area contributed by atoms with Crippen LogP contribution in [-0.4, -0.2) is 11.1 Å². The lowest BCUT2D eigenvalue weighted by atomic mass is 10.1. The molecule has 0 saturated carbocycles. The van der Waals surface area contributed by atoms with Gasteiger partial charge in [-0.15, -0.1) is 34.0 Å². The van der Waals surface area contributed by atoms with Crippen LogP contribution >= 0.6 is 34.0 Å². The largest absolute Gasteiger partial charge is 0.481 e. The summed E-state index contributed by atoms with van der Waals surface area (Å²) in [5.74, 6) is -0.783. The smallest absolute Gasteiger partial charge is 0.307 e. The molecule has 0 fully saturated rings. The van der Waals surface area contributed by atoms with Gasteiger partial charge in [-0.3, -0.25) is 4.79 Å². The van der Waals surface area contributed by atoms with Crippen molar-refractivity contribution >= 4 is 40.0 Å². The van der Waals surface area contributed by atoms with Crippen LogP contribution in [0.2, 0.25) is 0 Å². The van der Waals surface area contributed by atoms with Crippen LogP contribution in [0.5, 0.6) is 0 Å². The average Bonchev–Trinajstić information content (AvgIpc) is 3.08. The molecule has 19 heavy (non-hydrogen) atoms. The minimum Gasteiger partial charge on any atom is -0.481 e. The van der Waals surface area contributed by atoms with E-state index in [1.165, 1.54) is 15.3 Å². The van der Waals surface area contributed by atoms with E-state index in [1.54, 1.807) is 34.0 Å². The summed E-state index contributed by atoms with van der Waals surface area (Å²) >= 11 is 4.99. The van der Waals surface area contributed by atoms with Gasteiger partial charge in [0.2, 0.25) is 0 Å². The van der Waals surface area contributed by atoms with Crippen LogP contribution in [0.4, 0.5) is 0 Å². The number of carboxylic acid groups (broad SMARTS) is 1. The molecule has 3 heterocycles. The molecule has 0 bridgehead atoms. The molecule has 3 rings (SSSR count). The van der Waals surface area contributed by atoms with Gasteiger partial charge in [0.15, 0.2) is 0 Å². The standard InChI is InChI=1S/C14H10O2S3/c15-12(16)8-9-3-6-18-13(9)14-10(4-7-19-14)11-2-1-5-17-11/h1-7H,8H2,(H,15,16). The fourth-order valence-corrected chi connectivity index (χ4v) is 4.82. The van der Waals surface area contributed by atoms with E-state index in [4.69, 9.17) is 5.11 Å². The fourth-order valence-electron chi connectivity index (χ4n) is 1.95. The number of carboxylic acids is 1. The lowest BCUT2D eigenvalue weighted by Crippen LogP contribution is -1.99. The highest BCUT2D eigenvalue weighted by molar-refractivity contribution is 7.21. The van der Waals surface area contributed by atoms with Gasteiger partial charge in [-0.25, -0.2) is 0 Å². The van der Waals surface area contributed by atoms with Crippen molar-refractivity contribution in [3.63, 3.8) is 0 Å². The predicted molar refractivity (Wildman–Crippen MR) is 82.3 cm³/mol. The Bertz CT molecular complexity index is 692. The van der Waals surface area contributed by atoms with E-state index >= 15 is 0 Å². The first-order valence-corrected chi connectivity index (χ1v) is 8.29. The Kier molecular flexibility index (Phi) is 3.50. The van der Waals surface area contributed by atoms with E-state index in [-0.39, 0.29) is 6.42 Å².